The van der Waals surface area contributed by atoms with Crippen molar-refractivity contribution in [3.63, 3.8) is 0 Å². The highest BCUT2D eigenvalue weighted by molar-refractivity contribution is 7.92. The number of anilines is 2. The average molecular weight is 432 g/mol. The summed E-state index contributed by atoms with van der Waals surface area (Å²) in [5, 5.41) is 5.18. The SMILES string of the molecule is COc1ccc(NC(=O)C(=O)NC(C)c2ccccc2)cc1N1CCCCS1(=O)=O. The Kier molecular flexibility index (Phi) is 6.61. The minimum absolute atomic E-state index is 0.0620. The van der Waals surface area contributed by atoms with Gasteiger partial charge in [0.05, 0.1) is 24.6 Å². The number of carbonyl (C=O) groups excluding carboxylic acids is 2. The number of carbonyl (C=O) groups is 2. The van der Waals surface area contributed by atoms with Gasteiger partial charge in [0.15, 0.2) is 0 Å². The molecular formula is C21H25N3O5S. The van der Waals surface area contributed by atoms with Gasteiger partial charge in [0.2, 0.25) is 10.0 Å². The first-order chi connectivity index (χ1) is 14.3. The summed E-state index contributed by atoms with van der Waals surface area (Å²) < 4.78 is 31.5. The lowest BCUT2D eigenvalue weighted by Crippen LogP contribution is -2.38. The smallest absolute Gasteiger partial charge is 0.313 e. The molecule has 0 saturated carbocycles. The zero-order chi connectivity index (χ0) is 21.7. The molecule has 1 fully saturated rings. The number of hydrogen-bond donors (Lipinski definition) is 2. The van der Waals surface area contributed by atoms with Crippen molar-refractivity contribution in [1.29, 1.82) is 0 Å². The van der Waals surface area contributed by atoms with Crippen molar-refractivity contribution in [3.05, 3.63) is 54.1 Å². The molecule has 2 aromatic carbocycles. The summed E-state index contributed by atoms with van der Waals surface area (Å²) in [6.07, 6.45) is 1.34. The molecule has 2 N–H and O–H groups in total. The van der Waals surface area contributed by atoms with Crippen molar-refractivity contribution >= 4 is 33.2 Å². The molecule has 1 heterocycles. The van der Waals surface area contributed by atoms with E-state index in [4.69, 9.17) is 4.74 Å². The van der Waals surface area contributed by atoms with Crippen molar-refractivity contribution in [1.82, 2.24) is 5.32 Å². The predicted molar refractivity (Wildman–Crippen MR) is 115 cm³/mol. The van der Waals surface area contributed by atoms with Crippen LogP contribution in [0, 0.1) is 0 Å². The van der Waals surface area contributed by atoms with Crippen LogP contribution in [0.15, 0.2) is 48.5 Å². The van der Waals surface area contributed by atoms with Gasteiger partial charge in [-0.2, -0.15) is 0 Å². The largest absolute Gasteiger partial charge is 0.495 e. The number of ether oxygens (including phenoxy) is 1. The molecule has 0 aromatic heterocycles. The zero-order valence-electron chi connectivity index (χ0n) is 16.9. The second-order valence-corrected chi connectivity index (χ2v) is 9.05. The van der Waals surface area contributed by atoms with Crippen LogP contribution in [0.3, 0.4) is 0 Å². The van der Waals surface area contributed by atoms with Gasteiger partial charge in [-0.3, -0.25) is 13.9 Å². The number of nitrogens with zero attached hydrogens (tertiary/aromatic N) is 1. The van der Waals surface area contributed by atoms with Crippen LogP contribution in [0.2, 0.25) is 0 Å². The summed E-state index contributed by atoms with van der Waals surface area (Å²) in [5.41, 5.74) is 1.52. The van der Waals surface area contributed by atoms with Crippen LogP contribution in [-0.4, -0.2) is 39.6 Å². The molecule has 1 saturated heterocycles. The Hall–Kier alpha value is -3.07. The normalized spacial score (nSPS) is 16.4. The number of nitrogens with one attached hydrogen (secondary N) is 2. The first kappa shape index (κ1) is 21.6. The van der Waals surface area contributed by atoms with E-state index in [1.54, 1.807) is 19.1 Å². The van der Waals surface area contributed by atoms with E-state index < -0.39 is 21.8 Å². The monoisotopic (exact) mass is 431 g/mol. The number of hydrogen-bond acceptors (Lipinski definition) is 5. The fourth-order valence-corrected chi connectivity index (χ4v) is 4.94. The lowest BCUT2D eigenvalue weighted by atomic mass is 10.1. The molecule has 1 aliphatic rings. The fourth-order valence-electron chi connectivity index (χ4n) is 3.30. The molecule has 8 nitrogen and oxygen atoms in total. The van der Waals surface area contributed by atoms with Gasteiger partial charge >= 0.3 is 11.8 Å². The van der Waals surface area contributed by atoms with Crippen molar-refractivity contribution in [2.75, 3.05) is 29.0 Å². The van der Waals surface area contributed by atoms with E-state index in [1.807, 2.05) is 30.3 Å². The van der Waals surface area contributed by atoms with Crippen LogP contribution in [-0.2, 0) is 19.6 Å². The molecule has 9 heteroatoms. The molecule has 30 heavy (non-hydrogen) atoms. The van der Waals surface area contributed by atoms with E-state index in [9.17, 15) is 18.0 Å². The Morgan fingerprint density at radius 3 is 2.47 bits per heavy atom. The summed E-state index contributed by atoms with van der Waals surface area (Å²) >= 11 is 0. The standard InChI is InChI=1S/C21H25N3O5S/c1-15(16-8-4-3-5-9-16)22-20(25)21(26)23-17-10-11-19(29-2)18(14-17)24-12-6-7-13-30(24,27)28/h3-5,8-11,14-15H,6-7,12-13H2,1-2H3,(H,22,25)(H,23,26). The third-order valence-corrected chi connectivity index (χ3v) is 6.76. The van der Waals surface area contributed by atoms with Crippen molar-refractivity contribution < 1.29 is 22.7 Å². The molecule has 2 aromatic rings. The molecule has 0 aliphatic carbocycles. The molecule has 160 valence electrons. The van der Waals surface area contributed by atoms with Gasteiger partial charge in [0.25, 0.3) is 0 Å². The topological polar surface area (TPSA) is 105 Å². The van der Waals surface area contributed by atoms with Crippen LogP contribution >= 0.6 is 0 Å². The minimum atomic E-state index is -3.46. The maximum atomic E-state index is 12.5. The van der Waals surface area contributed by atoms with Crippen molar-refractivity contribution in [3.8, 4) is 5.75 Å². The first-order valence-electron chi connectivity index (χ1n) is 9.67. The van der Waals surface area contributed by atoms with E-state index in [1.165, 1.54) is 17.5 Å². The average Bonchev–Trinajstić information content (AvgIpc) is 2.74. The number of benzene rings is 2. The number of rotatable bonds is 5. The van der Waals surface area contributed by atoms with Crippen LogP contribution in [0.25, 0.3) is 0 Å². The molecule has 0 spiro atoms. The van der Waals surface area contributed by atoms with Crippen LogP contribution in [0.5, 0.6) is 5.75 Å². The van der Waals surface area contributed by atoms with Gasteiger partial charge in [-0.15, -0.1) is 0 Å². The molecule has 2 amide bonds. The highest BCUT2D eigenvalue weighted by Gasteiger charge is 2.29. The Bertz CT molecular complexity index is 1020. The molecule has 1 atom stereocenters. The Labute approximate surface area is 176 Å². The highest BCUT2D eigenvalue weighted by atomic mass is 32.2. The maximum absolute atomic E-state index is 12.5. The fraction of sp³-hybridized carbons (Fsp3) is 0.333. The Balaban J connectivity index is 1.74. The maximum Gasteiger partial charge on any atom is 0.313 e. The Morgan fingerprint density at radius 2 is 1.80 bits per heavy atom. The quantitative estimate of drug-likeness (QED) is 0.708. The molecule has 1 aliphatic heterocycles. The van der Waals surface area contributed by atoms with E-state index in [2.05, 4.69) is 10.6 Å². The summed E-state index contributed by atoms with van der Waals surface area (Å²) in [6, 6.07) is 13.6. The van der Waals surface area contributed by atoms with Crippen LogP contribution in [0.4, 0.5) is 11.4 Å². The summed E-state index contributed by atoms with van der Waals surface area (Å²) in [7, 11) is -2.01. The van der Waals surface area contributed by atoms with Gasteiger partial charge in [0, 0.05) is 12.2 Å². The van der Waals surface area contributed by atoms with E-state index in [-0.39, 0.29) is 11.8 Å². The van der Waals surface area contributed by atoms with E-state index >= 15 is 0 Å². The van der Waals surface area contributed by atoms with Gasteiger partial charge in [0.1, 0.15) is 5.75 Å². The second-order valence-electron chi connectivity index (χ2n) is 7.04. The number of methoxy groups -OCH3 is 1. The molecule has 0 bridgehead atoms. The summed E-state index contributed by atoms with van der Waals surface area (Å²) in [6.45, 7) is 2.12. The highest BCUT2D eigenvalue weighted by Crippen LogP contribution is 2.35. The van der Waals surface area contributed by atoms with Gasteiger partial charge in [-0.25, -0.2) is 8.42 Å². The molecule has 0 radical (unpaired) electrons. The third-order valence-electron chi connectivity index (χ3n) is 4.91. The molecular weight excluding hydrogens is 406 g/mol. The number of sulfonamides is 1. The van der Waals surface area contributed by atoms with Crippen molar-refractivity contribution in [2.24, 2.45) is 0 Å². The lowest BCUT2D eigenvalue weighted by molar-refractivity contribution is -0.136. The minimum Gasteiger partial charge on any atom is -0.495 e. The third kappa shape index (κ3) is 4.91. The second kappa shape index (κ2) is 9.17. The lowest BCUT2D eigenvalue weighted by Gasteiger charge is -2.29. The van der Waals surface area contributed by atoms with Crippen molar-refractivity contribution in [2.45, 2.75) is 25.8 Å². The van der Waals surface area contributed by atoms with E-state index in [0.717, 1.165) is 12.0 Å². The van der Waals surface area contributed by atoms with E-state index in [0.29, 0.717) is 30.1 Å². The van der Waals surface area contributed by atoms with Crippen LogP contribution in [0.1, 0.15) is 31.4 Å². The van der Waals surface area contributed by atoms with Gasteiger partial charge in [-0.1, -0.05) is 30.3 Å². The van der Waals surface area contributed by atoms with Crippen LogP contribution < -0.4 is 19.7 Å². The summed E-state index contributed by atoms with van der Waals surface area (Å²) in [5.74, 6) is -1.18. The Morgan fingerprint density at radius 1 is 1.07 bits per heavy atom. The summed E-state index contributed by atoms with van der Waals surface area (Å²) in [4.78, 5) is 24.7. The predicted octanol–water partition coefficient (Wildman–Crippen LogP) is 2.44. The number of amides is 2. The van der Waals surface area contributed by atoms with Gasteiger partial charge < -0.3 is 15.4 Å². The zero-order valence-corrected chi connectivity index (χ0v) is 17.7. The first-order valence-corrected chi connectivity index (χ1v) is 11.3. The van der Waals surface area contributed by atoms with Gasteiger partial charge in [-0.05, 0) is 43.5 Å². The molecule has 3 rings (SSSR count). The molecule has 1 unspecified atom stereocenters.